The summed E-state index contributed by atoms with van der Waals surface area (Å²) in [5.74, 6) is 0. The van der Waals surface area contributed by atoms with Crippen LogP contribution in [0.1, 0.15) is 16.7 Å². The van der Waals surface area contributed by atoms with Gasteiger partial charge >= 0.3 is 0 Å². The summed E-state index contributed by atoms with van der Waals surface area (Å²) in [7, 11) is 0. The van der Waals surface area contributed by atoms with Crippen molar-refractivity contribution < 1.29 is 0 Å². The topological polar surface area (TPSA) is 6.48 Å². The Morgan fingerprint density at radius 3 is 1.22 bits per heavy atom. The monoisotopic (exact) mass is 578 g/mol. The number of hydrogen-bond acceptors (Lipinski definition) is 2. The number of fused-ring (bicyclic) bond motifs is 1. The molecule has 0 aliphatic rings. The van der Waals surface area contributed by atoms with Gasteiger partial charge in [-0.15, -0.1) is 0 Å². The van der Waals surface area contributed by atoms with Gasteiger partial charge in [-0.1, -0.05) is 121 Å². The van der Waals surface area contributed by atoms with Crippen molar-refractivity contribution in [2.45, 2.75) is 6.92 Å². The largest absolute Gasteiger partial charge is 0.311 e. The van der Waals surface area contributed by atoms with Crippen LogP contribution in [0.15, 0.2) is 176 Å². The fraction of sp³-hybridized carbons (Fsp3) is 0.0233. The molecule has 0 amide bonds. The summed E-state index contributed by atoms with van der Waals surface area (Å²) >= 11 is 0. The van der Waals surface area contributed by atoms with E-state index in [4.69, 9.17) is 0 Å². The molecule has 0 heterocycles. The fourth-order valence-corrected chi connectivity index (χ4v) is 5.72. The molecule has 2 heteroatoms. The van der Waals surface area contributed by atoms with E-state index in [0.29, 0.717) is 0 Å². The first kappa shape index (κ1) is 27.9. The quantitative estimate of drug-likeness (QED) is 0.166. The van der Waals surface area contributed by atoms with E-state index in [1.807, 2.05) is 0 Å². The highest BCUT2D eigenvalue weighted by Crippen LogP contribution is 2.37. The van der Waals surface area contributed by atoms with Gasteiger partial charge < -0.3 is 9.80 Å². The van der Waals surface area contributed by atoms with E-state index in [-0.39, 0.29) is 0 Å². The molecule has 7 aromatic carbocycles. The first-order chi connectivity index (χ1) is 22.2. The molecule has 0 aromatic heterocycles. The normalized spacial score (nSPS) is 11.1. The molecule has 0 atom stereocenters. The Hall–Kier alpha value is -5.86. The Bertz CT molecular complexity index is 2030. The van der Waals surface area contributed by atoms with Crippen LogP contribution in [0.25, 0.3) is 22.9 Å². The van der Waals surface area contributed by atoms with E-state index in [1.165, 1.54) is 16.3 Å². The van der Waals surface area contributed by atoms with Crippen molar-refractivity contribution in [3.05, 3.63) is 193 Å². The SMILES string of the molecule is Cc1ccc(N(c2ccccc2)c2ccc(/C=C/c3ccc(N(c4ccccc4)c4ccc5ccccc5c4)cc3)cc2)cc1. The van der Waals surface area contributed by atoms with Gasteiger partial charge in [-0.3, -0.25) is 0 Å². The highest BCUT2D eigenvalue weighted by atomic mass is 15.1. The van der Waals surface area contributed by atoms with Crippen LogP contribution in [-0.2, 0) is 0 Å². The molecule has 216 valence electrons. The van der Waals surface area contributed by atoms with Gasteiger partial charge in [-0.05, 0) is 102 Å². The number of para-hydroxylation sites is 2. The van der Waals surface area contributed by atoms with Crippen LogP contribution in [0, 0.1) is 6.92 Å². The molecule has 45 heavy (non-hydrogen) atoms. The lowest BCUT2D eigenvalue weighted by atomic mass is 10.1. The summed E-state index contributed by atoms with van der Waals surface area (Å²) in [6, 6.07) is 62.4. The minimum absolute atomic E-state index is 1.12. The molecule has 0 radical (unpaired) electrons. The van der Waals surface area contributed by atoms with Crippen molar-refractivity contribution in [3.8, 4) is 0 Å². The highest BCUT2D eigenvalue weighted by molar-refractivity contribution is 5.89. The van der Waals surface area contributed by atoms with Crippen molar-refractivity contribution in [2.24, 2.45) is 0 Å². The Labute approximate surface area is 265 Å². The predicted octanol–water partition coefficient (Wildman–Crippen LogP) is 12.3. The van der Waals surface area contributed by atoms with Crippen LogP contribution in [0.2, 0.25) is 0 Å². The molecule has 0 aliphatic heterocycles. The molecular weight excluding hydrogens is 544 g/mol. The molecule has 0 aliphatic carbocycles. The summed E-state index contributed by atoms with van der Waals surface area (Å²) in [4.78, 5) is 4.60. The zero-order valence-electron chi connectivity index (χ0n) is 25.3. The first-order valence-electron chi connectivity index (χ1n) is 15.4. The zero-order chi connectivity index (χ0) is 30.4. The number of nitrogens with zero attached hydrogens (tertiary/aromatic N) is 2. The summed E-state index contributed by atoms with van der Waals surface area (Å²) in [6.45, 7) is 2.12. The molecule has 0 spiro atoms. The molecule has 0 saturated heterocycles. The first-order valence-corrected chi connectivity index (χ1v) is 15.4. The van der Waals surface area contributed by atoms with Gasteiger partial charge in [0.1, 0.15) is 0 Å². The van der Waals surface area contributed by atoms with Gasteiger partial charge in [0.2, 0.25) is 0 Å². The number of hydrogen-bond donors (Lipinski definition) is 0. The van der Waals surface area contributed by atoms with Crippen LogP contribution in [-0.4, -0.2) is 0 Å². The Kier molecular flexibility index (Phi) is 7.94. The van der Waals surface area contributed by atoms with Crippen molar-refractivity contribution in [2.75, 3.05) is 9.80 Å². The van der Waals surface area contributed by atoms with E-state index in [9.17, 15) is 0 Å². The lowest BCUT2D eigenvalue weighted by molar-refractivity contribution is 1.27. The molecule has 7 rings (SSSR count). The van der Waals surface area contributed by atoms with Gasteiger partial charge in [0.05, 0.1) is 0 Å². The van der Waals surface area contributed by atoms with Crippen molar-refractivity contribution in [3.63, 3.8) is 0 Å². The summed E-state index contributed by atoms with van der Waals surface area (Å²) in [5.41, 5.74) is 10.4. The fourth-order valence-electron chi connectivity index (χ4n) is 5.72. The maximum absolute atomic E-state index is 2.31. The van der Waals surface area contributed by atoms with E-state index >= 15 is 0 Å². The Morgan fingerprint density at radius 1 is 0.333 bits per heavy atom. The van der Waals surface area contributed by atoms with E-state index in [0.717, 1.165) is 45.3 Å². The van der Waals surface area contributed by atoms with Crippen LogP contribution < -0.4 is 9.80 Å². The average Bonchev–Trinajstić information content (AvgIpc) is 3.10. The van der Waals surface area contributed by atoms with E-state index in [1.54, 1.807) is 0 Å². The van der Waals surface area contributed by atoms with Crippen LogP contribution in [0.4, 0.5) is 34.1 Å². The van der Waals surface area contributed by atoms with Gasteiger partial charge in [0.15, 0.2) is 0 Å². The van der Waals surface area contributed by atoms with Crippen LogP contribution in [0.5, 0.6) is 0 Å². The molecular formula is C43H34N2. The van der Waals surface area contributed by atoms with Gasteiger partial charge in [-0.25, -0.2) is 0 Å². The minimum Gasteiger partial charge on any atom is -0.311 e. The lowest BCUT2D eigenvalue weighted by Gasteiger charge is -2.26. The Balaban J connectivity index is 1.13. The van der Waals surface area contributed by atoms with Gasteiger partial charge in [0, 0.05) is 34.1 Å². The van der Waals surface area contributed by atoms with Crippen LogP contribution in [0.3, 0.4) is 0 Å². The van der Waals surface area contributed by atoms with Gasteiger partial charge in [0.25, 0.3) is 0 Å². The molecule has 0 N–H and O–H groups in total. The maximum atomic E-state index is 2.31. The minimum atomic E-state index is 1.12. The Morgan fingerprint density at radius 2 is 0.711 bits per heavy atom. The van der Waals surface area contributed by atoms with Crippen molar-refractivity contribution in [1.29, 1.82) is 0 Å². The summed E-state index contributed by atoms with van der Waals surface area (Å²) in [6.07, 6.45) is 4.35. The second-order valence-electron chi connectivity index (χ2n) is 11.2. The third kappa shape index (κ3) is 6.27. The summed E-state index contributed by atoms with van der Waals surface area (Å²) in [5, 5.41) is 2.47. The van der Waals surface area contributed by atoms with Crippen molar-refractivity contribution in [1.82, 2.24) is 0 Å². The number of benzene rings is 7. The number of anilines is 6. The predicted molar refractivity (Wildman–Crippen MR) is 193 cm³/mol. The second-order valence-corrected chi connectivity index (χ2v) is 11.2. The lowest BCUT2D eigenvalue weighted by Crippen LogP contribution is -2.09. The molecule has 7 aromatic rings. The van der Waals surface area contributed by atoms with E-state index in [2.05, 4.69) is 205 Å². The molecule has 0 bridgehead atoms. The van der Waals surface area contributed by atoms with Gasteiger partial charge in [-0.2, -0.15) is 0 Å². The average molecular weight is 579 g/mol. The molecule has 2 nitrogen and oxygen atoms in total. The number of rotatable bonds is 8. The summed E-state index contributed by atoms with van der Waals surface area (Å²) < 4.78 is 0. The molecule has 0 saturated carbocycles. The third-order valence-electron chi connectivity index (χ3n) is 8.08. The molecule has 0 unspecified atom stereocenters. The van der Waals surface area contributed by atoms with E-state index < -0.39 is 0 Å². The highest BCUT2D eigenvalue weighted by Gasteiger charge is 2.13. The maximum Gasteiger partial charge on any atom is 0.0468 e. The third-order valence-corrected chi connectivity index (χ3v) is 8.08. The van der Waals surface area contributed by atoms with Crippen LogP contribution >= 0.6 is 0 Å². The van der Waals surface area contributed by atoms with Crippen molar-refractivity contribution >= 4 is 57.0 Å². The number of aryl methyl sites for hydroxylation is 1. The molecule has 0 fully saturated rings. The zero-order valence-corrected chi connectivity index (χ0v) is 25.3. The smallest absolute Gasteiger partial charge is 0.0468 e. The second kappa shape index (κ2) is 12.8. The standard InChI is InChI=1S/C43H34N2/c1-33-16-25-40(26-17-33)44(38-12-4-2-5-13-38)41-27-20-34(21-28-41)18-19-35-22-29-42(30-23-35)45(39-14-6-3-7-15-39)43-31-24-36-10-8-9-11-37(36)32-43/h2-32H,1H3/b19-18+.